The Morgan fingerprint density at radius 2 is 1.94 bits per heavy atom. The standard InChI is InChI=1S/C15H19N3/c1-4-8-14(11-12-16-2)13-17-18(3)15-9-6-5-7-10-15/h4-13H,1-3H3/b8-4-,14-11+,16-12+,17-13?. The van der Waals surface area contributed by atoms with E-state index in [4.69, 9.17) is 0 Å². The molecule has 0 aliphatic heterocycles. The van der Waals surface area contributed by atoms with Crippen molar-refractivity contribution in [3.63, 3.8) is 0 Å². The fraction of sp³-hybridized carbons (Fsp3) is 0.200. The van der Waals surface area contributed by atoms with Gasteiger partial charge < -0.3 is 0 Å². The molecule has 0 fully saturated rings. The third-order valence-corrected chi connectivity index (χ3v) is 2.29. The van der Waals surface area contributed by atoms with Gasteiger partial charge in [0.25, 0.3) is 0 Å². The first-order valence-electron chi connectivity index (χ1n) is 5.86. The number of hydrogen-bond donors (Lipinski definition) is 0. The van der Waals surface area contributed by atoms with Gasteiger partial charge >= 0.3 is 0 Å². The van der Waals surface area contributed by atoms with E-state index in [1.165, 1.54) is 0 Å². The molecule has 0 unspecified atom stereocenters. The number of nitrogens with zero attached hydrogens (tertiary/aromatic N) is 3. The van der Waals surface area contributed by atoms with Gasteiger partial charge in [-0.2, -0.15) is 5.10 Å². The highest BCUT2D eigenvalue weighted by Crippen LogP contribution is 2.10. The molecular weight excluding hydrogens is 222 g/mol. The molecule has 1 rings (SSSR count). The van der Waals surface area contributed by atoms with Crippen LogP contribution in [0.5, 0.6) is 0 Å². The summed E-state index contributed by atoms with van der Waals surface area (Å²) in [6.45, 7) is 1.98. The number of benzene rings is 1. The molecule has 0 saturated heterocycles. The molecule has 0 saturated carbocycles. The predicted molar refractivity (Wildman–Crippen MR) is 80.7 cm³/mol. The van der Waals surface area contributed by atoms with Gasteiger partial charge in [0.15, 0.2) is 0 Å². The van der Waals surface area contributed by atoms with Crippen LogP contribution >= 0.6 is 0 Å². The first-order valence-corrected chi connectivity index (χ1v) is 5.86. The number of para-hydroxylation sites is 1. The van der Waals surface area contributed by atoms with Gasteiger partial charge in [0, 0.05) is 20.3 Å². The molecule has 0 atom stereocenters. The fourth-order valence-electron chi connectivity index (χ4n) is 1.36. The lowest BCUT2D eigenvalue weighted by Crippen LogP contribution is -2.08. The molecule has 0 aliphatic carbocycles. The summed E-state index contributed by atoms with van der Waals surface area (Å²) in [5.41, 5.74) is 2.06. The third kappa shape index (κ3) is 4.78. The zero-order chi connectivity index (χ0) is 13.2. The average Bonchev–Trinajstić information content (AvgIpc) is 2.42. The number of hydrogen-bond acceptors (Lipinski definition) is 3. The number of aliphatic imine (C=N–C) groups is 1. The average molecular weight is 241 g/mol. The largest absolute Gasteiger partial charge is 0.296 e. The minimum absolute atomic E-state index is 1.01. The van der Waals surface area contributed by atoms with Crippen molar-refractivity contribution in [2.45, 2.75) is 6.92 Å². The zero-order valence-electron chi connectivity index (χ0n) is 11.1. The van der Waals surface area contributed by atoms with E-state index < -0.39 is 0 Å². The minimum atomic E-state index is 1.01. The van der Waals surface area contributed by atoms with Gasteiger partial charge in [0.2, 0.25) is 0 Å². The van der Waals surface area contributed by atoms with Crippen molar-refractivity contribution >= 4 is 18.1 Å². The molecule has 94 valence electrons. The molecular formula is C15H19N3. The zero-order valence-corrected chi connectivity index (χ0v) is 11.1. The molecule has 3 nitrogen and oxygen atoms in total. The van der Waals surface area contributed by atoms with Crippen LogP contribution in [0, 0.1) is 0 Å². The van der Waals surface area contributed by atoms with E-state index in [-0.39, 0.29) is 0 Å². The Morgan fingerprint density at radius 3 is 2.56 bits per heavy atom. The van der Waals surface area contributed by atoms with Crippen LogP contribution in [-0.4, -0.2) is 26.5 Å². The van der Waals surface area contributed by atoms with Crippen LogP contribution in [0.2, 0.25) is 0 Å². The van der Waals surface area contributed by atoms with E-state index in [2.05, 4.69) is 10.1 Å². The summed E-state index contributed by atoms with van der Waals surface area (Å²) >= 11 is 0. The molecule has 1 aromatic carbocycles. The Hall–Kier alpha value is -2.16. The summed E-state index contributed by atoms with van der Waals surface area (Å²) in [5, 5.41) is 6.23. The van der Waals surface area contributed by atoms with E-state index in [9.17, 15) is 0 Å². The van der Waals surface area contributed by atoms with Crippen molar-refractivity contribution in [1.29, 1.82) is 0 Å². The quantitative estimate of drug-likeness (QED) is 0.441. The van der Waals surface area contributed by atoms with E-state index >= 15 is 0 Å². The van der Waals surface area contributed by atoms with Gasteiger partial charge in [-0.1, -0.05) is 30.4 Å². The number of rotatable bonds is 5. The van der Waals surface area contributed by atoms with E-state index in [0.29, 0.717) is 0 Å². The first kappa shape index (κ1) is 13.9. The SMILES string of the molecule is C\C=C/C(C=NN(C)c1ccccc1)=C\C=N\C. The Labute approximate surface area is 109 Å². The van der Waals surface area contributed by atoms with Crippen LogP contribution in [0.3, 0.4) is 0 Å². The summed E-state index contributed by atoms with van der Waals surface area (Å²) in [7, 11) is 3.67. The molecule has 0 aliphatic rings. The van der Waals surface area contributed by atoms with Crippen molar-refractivity contribution in [3.8, 4) is 0 Å². The first-order chi connectivity index (χ1) is 8.77. The fourth-order valence-corrected chi connectivity index (χ4v) is 1.36. The normalized spacial score (nSPS) is 12.9. The van der Waals surface area contributed by atoms with Gasteiger partial charge in [-0.15, -0.1) is 0 Å². The second-order valence-corrected chi connectivity index (χ2v) is 3.68. The maximum absolute atomic E-state index is 4.39. The highest BCUT2D eigenvalue weighted by molar-refractivity contribution is 5.89. The van der Waals surface area contributed by atoms with Gasteiger partial charge in [-0.3, -0.25) is 10.0 Å². The van der Waals surface area contributed by atoms with Gasteiger partial charge in [0.1, 0.15) is 0 Å². The maximum atomic E-state index is 4.39. The Balaban J connectivity index is 2.78. The summed E-state index contributed by atoms with van der Waals surface area (Å²) in [4.78, 5) is 3.93. The number of hydrazone groups is 1. The van der Waals surface area contributed by atoms with E-state index in [1.807, 2.05) is 73.8 Å². The smallest absolute Gasteiger partial charge is 0.0590 e. The summed E-state index contributed by atoms with van der Waals surface area (Å²) in [6, 6.07) is 10.0. The molecule has 0 amide bonds. The lowest BCUT2D eigenvalue weighted by Gasteiger charge is -2.12. The van der Waals surface area contributed by atoms with Gasteiger partial charge in [-0.05, 0) is 30.7 Å². The second-order valence-electron chi connectivity index (χ2n) is 3.68. The van der Waals surface area contributed by atoms with Crippen LogP contribution in [0.4, 0.5) is 5.69 Å². The van der Waals surface area contributed by atoms with E-state index in [1.54, 1.807) is 13.3 Å². The summed E-state index contributed by atoms with van der Waals surface area (Å²) in [5.74, 6) is 0. The molecule has 0 heterocycles. The lowest BCUT2D eigenvalue weighted by molar-refractivity contribution is 1.02. The predicted octanol–water partition coefficient (Wildman–Crippen LogP) is 3.31. The van der Waals surface area contributed by atoms with Crippen LogP contribution in [0.25, 0.3) is 0 Å². The Kier molecular flexibility index (Phi) is 6.19. The molecule has 18 heavy (non-hydrogen) atoms. The molecule has 0 aromatic heterocycles. The van der Waals surface area contributed by atoms with Crippen molar-refractivity contribution in [1.82, 2.24) is 0 Å². The second kappa shape index (κ2) is 8.01. The molecule has 0 spiro atoms. The van der Waals surface area contributed by atoms with Crippen LogP contribution in [-0.2, 0) is 0 Å². The minimum Gasteiger partial charge on any atom is -0.296 e. The van der Waals surface area contributed by atoms with Crippen molar-refractivity contribution in [3.05, 3.63) is 54.1 Å². The third-order valence-electron chi connectivity index (χ3n) is 2.29. The summed E-state index contributed by atoms with van der Waals surface area (Å²) < 4.78 is 0. The monoisotopic (exact) mass is 241 g/mol. The highest BCUT2D eigenvalue weighted by atomic mass is 15.4. The molecule has 1 aromatic rings. The molecule has 0 radical (unpaired) electrons. The van der Waals surface area contributed by atoms with Gasteiger partial charge in [0.05, 0.1) is 11.9 Å². The Bertz CT molecular complexity index is 456. The highest BCUT2D eigenvalue weighted by Gasteiger charge is 1.95. The van der Waals surface area contributed by atoms with Crippen molar-refractivity contribution in [2.24, 2.45) is 10.1 Å². The van der Waals surface area contributed by atoms with Crippen molar-refractivity contribution in [2.75, 3.05) is 19.1 Å². The maximum Gasteiger partial charge on any atom is 0.0590 e. The molecule has 0 N–H and O–H groups in total. The lowest BCUT2D eigenvalue weighted by atomic mass is 10.2. The van der Waals surface area contributed by atoms with Gasteiger partial charge in [-0.25, -0.2) is 0 Å². The van der Waals surface area contributed by atoms with Crippen molar-refractivity contribution < 1.29 is 0 Å². The summed E-state index contributed by atoms with van der Waals surface area (Å²) in [6.07, 6.45) is 9.45. The topological polar surface area (TPSA) is 28.0 Å². The van der Waals surface area contributed by atoms with Crippen LogP contribution in [0.15, 0.2) is 64.2 Å². The molecule has 0 bridgehead atoms. The number of allylic oxidation sites excluding steroid dienone is 4. The molecule has 3 heteroatoms. The Morgan fingerprint density at radius 1 is 1.22 bits per heavy atom. The van der Waals surface area contributed by atoms with E-state index in [0.717, 1.165) is 11.3 Å². The van der Waals surface area contributed by atoms with Crippen LogP contribution in [0.1, 0.15) is 6.92 Å². The van der Waals surface area contributed by atoms with Crippen LogP contribution < -0.4 is 5.01 Å². The number of anilines is 1.